The summed E-state index contributed by atoms with van der Waals surface area (Å²) in [5.74, 6) is 1.14. The summed E-state index contributed by atoms with van der Waals surface area (Å²) < 4.78 is 0. The van der Waals surface area contributed by atoms with Crippen LogP contribution < -0.4 is 4.90 Å². The van der Waals surface area contributed by atoms with E-state index in [1.54, 1.807) is 6.33 Å². The molecular formula is C22H32N4O5S. The fraction of sp³-hybridized carbons (Fsp3) is 0.636. The SMILES string of the molecule is CN1CCC[C@]2(CO)CCN(c3ncnc4sc5c(c34)CCCC5)C[C@@H]12.O=CO.O=CO. The predicted molar refractivity (Wildman–Crippen MR) is 123 cm³/mol. The normalized spacial score (nSPS) is 24.8. The van der Waals surface area contributed by atoms with Crippen molar-refractivity contribution < 1.29 is 24.9 Å². The first kappa shape index (κ1) is 24.3. The van der Waals surface area contributed by atoms with E-state index >= 15 is 0 Å². The van der Waals surface area contributed by atoms with Crippen LogP contribution in [0.3, 0.4) is 0 Å². The second kappa shape index (κ2) is 11.0. The Morgan fingerprint density at radius 2 is 1.84 bits per heavy atom. The van der Waals surface area contributed by atoms with E-state index in [4.69, 9.17) is 24.8 Å². The summed E-state index contributed by atoms with van der Waals surface area (Å²) in [5, 5.41) is 25.3. The van der Waals surface area contributed by atoms with Crippen molar-refractivity contribution in [3.05, 3.63) is 16.8 Å². The van der Waals surface area contributed by atoms with E-state index in [0.717, 1.165) is 43.1 Å². The average molecular weight is 465 g/mol. The number of nitrogens with zero attached hydrogens (tertiary/aromatic N) is 4. The topological polar surface area (TPSA) is 127 Å². The summed E-state index contributed by atoms with van der Waals surface area (Å²) in [6.07, 6.45) is 10.1. The Balaban J connectivity index is 0.000000437. The molecule has 2 aliphatic heterocycles. The lowest BCUT2D eigenvalue weighted by molar-refractivity contribution is -0.123. The van der Waals surface area contributed by atoms with Crippen molar-refractivity contribution in [2.75, 3.05) is 38.2 Å². The highest BCUT2D eigenvalue weighted by molar-refractivity contribution is 7.19. The number of aryl methyl sites for hydroxylation is 2. The number of aliphatic hydroxyl groups excluding tert-OH is 1. The lowest BCUT2D eigenvalue weighted by atomic mass is 9.69. The maximum Gasteiger partial charge on any atom is 0.290 e. The molecule has 2 fully saturated rings. The first-order valence-electron chi connectivity index (χ1n) is 11.0. The highest BCUT2D eigenvalue weighted by atomic mass is 32.1. The van der Waals surface area contributed by atoms with Crippen LogP contribution in [0.4, 0.5) is 5.82 Å². The molecule has 2 saturated heterocycles. The van der Waals surface area contributed by atoms with Gasteiger partial charge in [0.1, 0.15) is 17.0 Å². The van der Waals surface area contributed by atoms with Gasteiger partial charge in [0.25, 0.3) is 12.9 Å². The van der Waals surface area contributed by atoms with E-state index in [9.17, 15) is 5.11 Å². The molecule has 0 radical (unpaired) electrons. The zero-order valence-electron chi connectivity index (χ0n) is 18.4. The van der Waals surface area contributed by atoms with Gasteiger partial charge in [-0.15, -0.1) is 11.3 Å². The third kappa shape index (κ3) is 4.72. The maximum atomic E-state index is 10.2. The van der Waals surface area contributed by atoms with E-state index in [1.165, 1.54) is 47.9 Å². The van der Waals surface area contributed by atoms with E-state index in [0.29, 0.717) is 12.6 Å². The molecule has 1 aliphatic carbocycles. The monoisotopic (exact) mass is 464 g/mol. The number of likely N-dealkylation sites (N-methyl/N-ethyl adjacent to an activating group) is 1. The van der Waals surface area contributed by atoms with Gasteiger partial charge in [-0.2, -0.15) is 0 Å². The van der Waals surface area contributed by atoms with Crippen LogP contribution in [-0.4, -0.2) is 82.5 Å². The Labute approximate surface area is 191 Å². The van der Waals surface area contributed by atoms with Gasteiger partial charge in [0.15, 0.2) is 0 Å². The molecule has 3 N–H and O–H groups in total. The van der Waals surface area contributed by atoms with E-state index < -0.39 is 0 Å². The molecule has 9 nitrogen and oxygen atoms in total. The second-order valence-electron chi connectivity index (χ2n) is 8.62. The van der Waals surface area contributed by atoms with Crippen molar-refractivity contribution in [2.45, 2.75) is 51.0 Å². The number of carboxylic acid groups (broad SMARTS) is 2. The smallest absolute Gasteiger partial charge is 0.290 e. The first-order chi connectivity index (χ1) is 15.5. The fourth-order valence-electron chi connectivity index (χ4n) is 5.52. The molecule has 4 heterocycles. The largest absolute Gasteiger partial charge is 0.483 e. The summed E-state index contributed by atoms with van der Waals surface area (Å²) in [5.41, 5.74) is 1.59. The van der Waals surface area contributed by atoms with Crippen molar-refractivity contribution in [2.24, 2.45) is 5.41 Å². The zero-order valence-corrected chi connectivity index (χ0v) is 19.3. The molecule has 5 rings (SSSR count). The van der Waals surface area contributed by atoms with Crippen LogP contribution in [0.5, 0.6) is 0 Å². The van der Waals surface area contributed by atoms with Gasteiger partial charge in [-0.05, 0) is 64.1 Å². The standard InChI is InChI=1S/C20H28N4OS.2CH2O2/c1-23-9-4-7-20(12-25)8-10-24(11-16(20)23)18-17-14-5-2-3-6-15(14)26-19(17)22-13-21-18;2*2-1-3/h13,16,25H,2-12H2,1H3;2*1H,(H,2,3)/t16-,20-;;/m1../s1. The van der Waals surface area contributed by atoms with Crippen molar-refractivity contribution in [1.82, 2.24) is 14.9 Å². The minimum atomic E-state index is -0.250. The second-order valence-corrected chi connectivity index (χ2v) is 9.70. The lowest BCUT2D eigenvalue weighted by Crippen LogP contribution is -2.61. The molecular weight excluding hydrogens is 432 g/mol. The van der Waals surface area contributed by atoms with Gasteiger partial charge in [-0.1, -0.05) is 0 Å². The molecule has 2 aromatic rings. The van der Waals surface area contributed by atoms with Crippen molar-refractivity contribution in [3.63, 3.8) is 0 Å². The van der Waals surface area contributed by atoms with E-state index in [1.807, 2.05) is 11.3 Å². The van der Waals surface area contributed by atoms with Gasteiger partial charge >= 0.3 is 0 Å². The number of thiophene rings is 1. The predicted octanol–water partition coefficient (Wildman–Crippen LogP) is 2.25. The third-order valence-corrected chi connectivity index (χ3v) is 8.24. The Bertz CT molecular complexity index is 917. The van der Waals surface area contributed by atoms with Crippen LogP contribution >= 0.6 is 11.3 Å². The number of anilines is 1. The highest BCUT2D eigenvalue weighted by Gasteiger charge is 2.47. The van der Waals surface area contributed by atoms with E-state index in [2.05, 4.69) is 21.8 Å². The molecule has 0 spiro atoms. The van der Waals surface area contributed by atoms with Crippen molar-refractivity contribution >= 4 is 40.3 Å². The van der Waals surface area contributed by atoms with Crippen LogP contribution in [0, 0.1) is 5.41 Å². The van der Waals surface area contributed by atoms with Gasteiger partial charge in [-0.3, -0.25) is 9.59 Å². The van der Waals surface area contributed by atoms with Crippen LogP contribution in [0.15, 0.2) is 6.33 Å². The molecule has 0 unspecified atom stereocenters. The number of piperidine rings is 2. The van der Waals surface area contributed by atoms with Crippen LogP contribution in [0.2, 0.25) is 0 Å². The van der Waals surface area contributed by atoms with Crippen LogP contribution in [0.25, 0.3) is 10.2 Å². The summed E-state index contributed by atoms with van der Waals surface area (Å²) >= 11 is 1.88. The number of hydrogen-bond acceptors (Lipinski definition) is 8. The molecule has 0 aromatic carbocycles. The molecule has 2 atom stereocenters. The highest BCUT2D eigenvalue weighted by Crippen LogP contribution is 2.44. The Kier molecular flexibility index (Phi) is 8.38. The summed E-state index contributed by atoms with van der Waals surface area (Å²) in [4.78, 5) is 33.7. The van der Waals surface area contributed by atoms with Gasteiger partial charge in [0.05, 0.1) is 12.0 Å². The van der Waals surface area contributed by atoms with Crippen LogP contribution in [0.1, 0.15) is 42.5 Å². The number of likely N-dealkylation sites (tertiary alicyclic amines) is 1. The van der Waals surface area contributed by atoms with Gasteiger partial charge in [0, 0.05) is 29.4 Å². The molecule has 3 aliphatic rings. The number of carbonyl (C=O) groups is 2. The molecule has 0 saturated carbocycles. The minimum Gasteiger partial charge on any atom is -0.483 e. The third-order valence-electron chi connectivity index (χ3n) is 7.04. The summed E-state index contributed by atoms with van der Waals surface area (Å²) in [6.45, 7) is 2.89. The number of fused-ring (bicyclic) bond motifs is 4. The number of aromatic nitrogens is 2. The quantitative estimate of drug-likeness (QED) is 0.573. The summed E-state index contributed by atoms with van der Waals surface area (Å²) in [6, 6.07) is 0.412. The molecule has 10 heteroatoms. The first-order valence-corrected chi connectivity index (χ1v) is 11.8. The van der Waals surface area contributed by atoms with Gasteiger partial charge < -0.3 is 25.1 Å². The van der Waals surface area contributed by atoms with E-state index in [-0.39, 0.29) is 18.4 Å². The Morgan fingerprint density at radius 1 is 1.12 bits per heavy atom. The van der Waals surface area contributed by atoms with Crippen molar-refractivity contribution in [3.8, 4) is 0 Å². The molecule has 176 valence electrons. The average Bonchev–Trinajstić information content (AvgIpc) is 3.19. The molecule has 2 aromatic heterocycles. The number of hydrogen-bond donors (Lipinski definition) is 3. The zero-order chi connectivity index (χ0) is 23.1. The lowest BCUT2D eigenvalue weighted by Gasteiger charge is -2.53. The molecule has 0 amide bonds. The van der Waals surface area contributed by atoms with Crippen LogP contribution in [-0.2, 0) is 22.4 Å². The Hall–Kier alpha value is -2.30. The Morgan fingerprint density at radius 3 is 2.56 bits per heavy atom. The maximum absolute atomic E-state index is 10.2. The number of rotatable bonds is 2. The minimum absolute atomic E-state index is 0.0731. The van der Waals surface area contributed by atoms with Gasteiger partial charge in [0.2, 0.25) is 0 Å². The number of aliphatic hydroxyl groups is 1. The summed E-state index contributed by atoms with van der Waals surface area (Å²) in [7, 11) is 2.22. The molecule has 32 heavy (non-hydrogen) atoms. The van der Waals surface area contributed by atoms with Crippen molar-refractivity contribution in [1.29, 1.82) is 0 Å². The fourth-order valence-corrected chi connectivity index (χ4v) is 6.75. The molecule has 0 bridgehead atoms. The van der Waals surface area contributed by atoms with Gasteiger partial charge in [-0.25, -0.2) is 9.97 Å².